The summed E-state index contributed by atoms with van der Waals surface area (Å²) in [4.78, 5) is 4.64. The molecule has 29 heavy (non-hydrogen) atoms. The third kappa shape index (κ3) is 5.62. The van der Waals surface area contributed by atoms with Gasteiger partial charge in [-0.1, -0.05) is 36.4 Å². The Hall–Kier alpha value is -3.73. The fraction of sp³-hybridized carbons (Fsp3) is 0.125. The fourth-order valence-corrected chi connectivity index (χ4v) is 2.51. The van der Waals surface area contributed by atoms with Crippen LogP contribution in [0.15, 0.2) is 95.7 Å². The molecule has 0 saturated carbocycles. The van der Waals surface area contributed by atoms with Gasteiger partial charge in [-0.25, -0.2) is 4.99 Å². The van der Waals surface area contributed by atoms with Gasteiger partial charge in [0.15, 0.2) is 11.5 Å². The van der Waals surface area contributed by atoms with Crippen LogP contribution in [0.2, 0.25) is 0 Å². The summed E-state index contributed by atoms with van der Waals surface area (Å²) >= 11 is 0. The first-order chi connectivity index (χ1) is 14.2. The van der Waals surface area contributed by atoms with E-state index in [9.17, 15) is 0 Å². The smallest absolute Gasteiger partial charge is 0.225 e. The van der Waals surface area contributed by atoms with E-state index in [4.69, 9.17) is 18.9 Å². The molecule has 0 aliphatic rings. The summed E-state index contributed by atoms with van der Waals surface area (Å²) in [5.74, 6) is 2.98. The van der Waals surface area contributed by atoms with Gasteiger partial charge in [0.25, 0.3) is 0 Å². The van der Waals surface area contributed by atoms with Crippen LogP contribution in [0.5, 0.6) is 23.0 Å². The third-order valence-corrected chi connectivity index (χ3v) is 4.01. The van der Waals surface area contributed by atoms with Crippen molar-refractivity contribution in [3.05, 3.63) is 90.7 Å². The van der Waals surface area contributed by atoms with Gasteiger partial charge in [-0.2, -0.15) is 0 Å². The SMILES string of the molecule is COc1cccc(OC(=N\c2ccccc2)/C(C)=C/Oc2ccccc2OC)c1. The molecule has 0 saturated heterocycles. The van der Waals surface area contributed by atoms with Crippen LogP contribution in [0.4, 0.5) is 5.69 Å². The monoisotopic (exact) mass is 389 g/mol. The van der Waals surface area contributed by atoms with Gasteiger partial charge < -0.3 is 18.9 Å². The summed E-state index contributed by atoms with van der Waals surface area (Å²) in [7, 11) is 3.22. The molecule has 148 valence electrons. The van der Waals surface area contributed by atoms with Crippen LogP contribution in [0.1, 0.15) is 6.92 Å². The molecule has 3 rings (SSSR count). The highest BCUT2D eigenvalue weighted by Crippen LogP contribution is 2.27. The van der Waals surface area contributed by atoms with Crippen molar-refractivity contribution in [2.24, 2.45) is 4.99 Å². The molecule has 0 unspecified atom stereocenters. The summed E-state index contributed by atoms with van der Waals surface area (Å²) in [6, 6.07) is 24.4. The molecule has 0 radical (unpaired) electrons. The van der Waals surface area contributed by atoms with E-state index < -0.39 is 0 Å². The number of ether oxygens (including phenoxy) is 4. The quantitative estimate of drug-likeness (QED) is 0.291. The second-order valence-corrected chi connectivity index (χ2v) is 6.10. The normalized spacial score (nSPS) is 11.7. The van der Waals surface area contributed by atoms with Crippen LogP contribution in [0, 0.1) is 0 Å². The van der Waals surface area contributed by atoms with E-state index in [2.05, 4.69) is 4.99 Å². The van der Waals surface area contributed by atoms with Crippen molar-refractivity contribution in [1.82, 2.24) is 0 Å². The predicted molar refractivity (Wildman–Crippen MR) is 115 cm³/mol. The van der Waals surface area contributed by atoms with Crippen molar-refractivity contribution in [2.45, 2.75) is 6.92 Å². The summed E-state index contributed by atoms with van der Waals surface area (Å²) < 4.78 is 22.5. The minimum atomic E-state index is 0.416. The summed E-state index contributed by atoms with van der Waals surface area (Å²) in [5.41, 5.74) is 1.48. The lowest BCUT2D eigenvalue weighted by atomic mass is 10.3. The van der Waals surface area contributed by atoms with Crippen molar-refractivity contribution < 1.29 is 18.9 Å². The molecule has 0 fully saturated rings. The Bertz CT molecular complexity index is 997. The first-order valence-corrected chi connectivity index (χ1v) is 9.12. The topological polar surface area (TPSA) is 49.3 Å². The van der Waals surface area contributed by atoms with Gasteiger partial charge in [-0.05, 0) is 43.3 Å². The average Bonchev–Trinajstić information content (AvgIpc) is 2.78. The van der Waals surface area contributed by atoms with E-state index in [0.29, 0.717) is 34.5 Å². The Kier molecular flexibility index (Phi) is 6.90. The maximum atomic E-state index is 6.06. The van der Waals surface area contributed by atoms with Crippen LogP contribution < -0.4 is 18.9 Å². The molecule has 0 atom stereocenters. The van der Waals surface area contributed by atoms with Crippen molar-refractivity contribution in [2.75, 3.05) is 14.2 Å². The molecule has 3 aromatic rings. The molecule has 0 bridgehead atoms. The van der Waals surface area contributed by atoms with Gasteiger partial charge >= 0.3 is 0 Å². The molecule has 5 heteroatoms. The van der Waals surface area contributed by atoms with E-state index in [1.54, 1.807) is 26.5 Å². The molecule has 0 aliphatic carbocycles. The highest BCUT2D eigenvalue weighted by atomic mass is 16.5. The fourth-order valence-electron chi connectivity index (χ4n) is 2.51. The van der Waals surface area contributed by atoms with Gasteiger partial charge in [0.05, 0.1) is 26.2 Å². The Morgan fingerprint density at radius 1 is 0.759 bits per heavy atom. The Morgan fingerprint density at radius 2 is 1.45 bits per heavy atom. The van der Waals surface area contributed by atoms with Gasteiger partial charge in [0.1, 0.15) is 11.5 Å². The van der Waals surface area contributed by atoms with E-state index in [1.807, 2.05) is 79.7 Å². The molecule has 0 aliphatic heterocycles. The van der Waals surface area contributed by atoms with Crippen molar-refractivity contribution in [3.8, 4) is 23.0 Å². The molecule has 0 N–H and O–H groups in total. The Balaban J connectivity index is 1.90. The number of methoxy groups -OCH3 is 2. The lowest BCUT2D eigenvalue weighted by Crippen LogP contribution is -2.11. The van der Waals surface area contributed by atoms with Crippen molar-refractivity contribution in [3.63, 3.8) is 0 Å². The number of rotatable bonds is 7. The van der Waals surface area contributed by atoms with Crippen LogP contribution in [0.3, 0.4) is 0 Å². The van der Waals surface area contributed by atoms with Crippen LogP contribution >= 0.6 is 0 Å². The first kappa shape index (κ1) is 20.0. The molecule has 3 aromatic carbocycles. The van der Waals surface area contributed by atoms with Crippen molar-refractivity contribution in [1.29, 1.82) is 0 Å². The maximum Gasteiger partial charge on any atom is 0.225 e. The Morgan fingerprint density at radius 3 is 2.17 bits per heavy atom. The lowest BCUT2D eigenvalue weighted by Gasteiger charge is -2.12. The first-order valence-electron chi connectivity index (χ1n) is 9.12. The molecular formula is C24H23NO4. The van der Waals surface area contributed by atoms with E-state index in [-0.39, 0.29) is 0 Å². The minimum absolute atomic E-state index is 0.416. The number of hydrogen-bond acceptors (Lipinski definition) is 5. The Labute approximate surface area is 170 Å². The van der Waals surface area contributed by atoms with Gasteiger partial charge in [0, 0.05) is 11.6 Å². The number of aliphatic imine (C=N–C) groups is 1. The summed E-state index contributed by atoms with van der Waals surface area (Å²) in [6.45, 7) is 1.87. The highest BCUT2D eigenvalue weighted by molar-refractivity contribution is 5.96. The van der Waals surface area contributed by atoms with Crippen LogP contribution in [0.25, 0.3) is 0 Å². The van der Waals surface area contributed by atoms with Crippen LogP contribution in [-0.4, -0.2) is 20.1 Å². The van der Waals surface area contributed by atoms with E-state index >= 15 is 0 Å². The highest BCUT2D eigenvalue weighted by Gasteiger charge is 2.09. The summed E-state index contributed by atoms with van der Waals surface area (Å²) in [5, 5.41) is 0. The standard InChI is InChI=1S/C24H23NO4/c1-18(17-28-23-15-8-7-14-22(23)27-3)24(25-19-10-5-4-6-11-19)29-21-13-9-12-20(16-21)26-2/h4-17H,1-3H3/b18-17+,25-24-. The minimum Gasteiger partial charge on any atom is -0.497 e. The molecule has 5 nitrogen and oxygen atoms in total. The lowest BCUT2D eigenvalue weighted by molar-refractivity contribution is 0.377. The molecule has 0 aromatic heterocycles. The van der Waals surface area contributed by atoms with E-state index in [0.717, 1.165) is 5.69 Å². The molecule has 0 amide bonds. The van der Waals surface area contributed by atoms with Gasteiger partial charge in [-0.15, -0.1) is 0 Å². The molecule has 0 spiro atoms. The van der Waals surface area contributed by atoms with Crippen LogP contribution in [-0.2, 0) is 0 Å². The molecule has 0 heterocycles. The number of para-hydroxylation sites is 3. The van der Waals surface area contributed by atoms with Crippen molar-refractivity contribution >= 4 is 11.6 Å². The predicted octanol–water partition coefficient (Wildman–Crippen LogP) is 5.80. The zero-order valence-electron chi connectivity index (χ0n) is 16.7. The average molecular weight is 389 g/mol. The zero-order chi connectivity index (χ0) is 20.5. The number of benzene rings is 3. The van der Waals surface area contributed by atoms with E-state index in [1.165, 1.54) is 0 Å². The largest absolute Gasteiger partial charge is 0.497 e. The maximum absolute atomic E-state index is 6.06. The van der Waals surface area contributed by atoms with Gasteiger partial charge in [0.2, 0.25) is 5.90 Å². The molecular weight excluding hydrogens is 366 g/mol. The third-order valence-electron chi connectivity index (χ3n) is 4.01. The second-order valence-electron chi connectivity index (χ2n) is 6.10. The second kappa shape index (κ2) is 9.99. The number of nitrogens with zero attached hydrogens (tertiary/aromatic N) is 1. The van der Waals surface area contributed by atoms with Gasteiger partial charge in [-0.3, -0.25) is 0 Å². The zero-order valence-corrected chi connectivity index (χ0v) is 16.7. The number of hydrogen-bond donors (Lipinski definition) is 0. The summed E-state index contributed by atoms with van der Waals surface area (Å²) in [6.07, 6.45) is 1.60.